The molecule has 1 aromatic carbocycles. The van der Waals surface area contributed by atoms with Crippen molar-refractivity contribution in [3.63, 3.8) is 0 Å². The number of aromatic nitrogens is 1. The van der Waals surface area contributed by atoms with Crippen molar-refractivity contribution >= 4 is 21.6 Å². The molecule has 0 saturated carbocycles. The number of benzene rings is 1. The van der Waals surface area contributed by atoms with Crippen LogP contribution in [0.1, 0.15) is 5.56 Å². The highest BCUT2D eigenvalue weighted by Crippen LogP contribution is 2.31. The molecule has 0 aliphatic heterocycles. The van der Waals surface area contributed by atoms with Crippen LogP contribution in [0, 0.1) is 6.92 Å². The molecule has 16 heavy (non-hydrogen) atoms. The fourth-order valence-electron chi connectivity index (χ4n) is 1.29. The summed E-state index contributed by atoms with van der Waals surface area (Å²) >= 11 is 3.38. The largest absolute Gasteiger partial charge is 0.456 e. The Morgan fingerprint density at radius 1 is 1.25 bits per heavy atom. The van der Waals surface area contributed by atoms with E-state index >= 15 is 0 Å². The number of pyridine rings is 1. The average Bonchev–Trinajstić information content (AvgIpc) is 2.27. The molecule has 0 unspecified atom stereocenters. The molecular formula is C12H11BrN2O. The van der Waals surface area contributed by atoms with E-state index in [1.807, 2.05) is 25.1 Å². The van der Waals surface area contributed by atoms with Gasteiger partial charge in [0.15, 0.2) is 0 Å². The van der Waals surface area contributed by atoms with E-state index < -0.39 is 0 Å². The normalized spacial score (nSPS) is 10.1. The number of halogens is 1. The molecule has 0 atom stereocenters. The molecule has 2 aromatic rings. The van der Waals surface area contributed by atoms with E-state index in [9.17, 15) is 0 Å². The summed E-state index contributed by atoms with van der Waals surface area (Å²) in [7, 11) is 0. The van der Waals surface area contributed by atoms with E-state index in [4.69, 9.17) is 10.5 Å². The highest BCUT2D eigenvalue weighted by atomic mass is 79.9. The summed E-state index contributed by atoms with van der Waals surface area (Å²) < 4.78 is 6.57. The predicted molar refractivity (Wildman–Crippen MR) is 67.6 cm³/mol. The van der Waals surface area contributed by atoms with E-state index in [1.54, 1.807) is 18.5 Å². The Morgan fingerprint density at radius 2 is 2.06 bits per heavy atom. The molecule has 0 aliphatic carbocycles. The summed E-state index contributed by atoms with van der Waals surface area (Å²) in [5.74, 6) is 1.48. The highest BCUT2D eigenvalue weighted by Gasteiger charge is 2.05. The minimum absolute atomic E-state index is 0.686. The molecule has 0 amide bonds. The lowest BCUT2D eigenvalue weighted by Crippen LogP contribution is -1.91. The lowest BCUT2D eigenvalue weighted by Gasteiger charge is -2.10. The summed E-state index contributed by atoms with van der Waals surface area (Å²) in [5.41, 5.74) is 7.44. The van der Waals surface area contributed by atoms with Gasteiger partial charge in [-0.05, 0) is 34.5 Å². The average molecular weight is 279 g/mol. The zero-order valence-corrected chi connectivity index (χ0v) is 10.4. The van der Waals surface area contributed by atoms with Gasteiger partial charge in [0.1, 0.15) is 11.5 Å². The first-order valence-corrected chi connectivity index (χ1v) is 5.59. The predicted octanol–water partition coefficient (Wildman–Crippen LogP) is 3.53. The van der Waals surface area contributed by atoms with Gasteiger partial charge in [0, 0.05) is 30.2 Å². The number of aryl methyl sites for hydroxylation is 1. The Balaban J connectivity index is 2.34. The fourth-order valence-corrected chi connectivity index (χ4v) is 1.62. The van der Waals surface area contributed by atoms with Gasteiger partial charge < -0.3 is 10.5 Å². The Bertz CT molecular complexity index is 514. The molecule has 3 nitrogen and oxygen atoms in total. The third-order valence-electron chi connectivity index (χ3n) is 2.17. The number of ether oxygens (including phenoxy) is 1. The van der Waals surface area contributed by atoms with Crippen molar-refractivity contribution in [1.29, 1.82) is 0 Å². The van der Waals surface area contributed by atoms with Gasteiger partial charge >= 0.3 is 0 Å². The van der Waals surface area contributed by atoms with Crippen LogP contribution in [0.2, 0.25) is 0 Å². The lowest BCUT2D eigenvalue weighted by molar-refractivity contribution is 0.475. The second kappa shape index (κ2) is 4.53. The van der Waals surface area contributed by atoms with Crippen molar-refractivity contribution in [3.05, 3.63) is 46.7 Å². The van der Waals surface area contributed by atoms with Crippen LogP contribution >= 0.6 is 15.9 Å². The first-order chi connectivity index (χ1) is 7.66. The zero-order chi connectivity index (χ0) is 11.5. The summed E-state index contributed by atoms with van der Waals surface area (Å²) in [5, 5.41) is 0. The van der Waals surface area contributed by atoms with Crippen molar-refractivity contribution in [3.8, 4) is 11.5 Å². The standard InChI is InChI=1S/C12H11BrN2O/c1-8-2-3-9(14)6-12(8)16-11-4-5-15-7-10(11)13/h2-7H,14H2,1H3. The number of hydrogen-bond donors (Lipinski definition) is 1. The number of rotatable bonds is 2. The summed E-state index contributed by atoms with van der Waals surface area (Å²) in [6, 6.07) is 7.39. The second-order valence-electron chi connectivity index (χ2n) is 3.43. The summed E-state index contributed by atoms with van der Waals surface area (Å²) in [6.45, 7) is 1.98. The molecule has 0 fully saturated rings. The lowest BCUT2D eigenvalue weighted by atomic mass is 10.2. The quantitative estimate of drug-likeness (QED) is 0.855. The topological polar surface area (TPSA) is 48.1 Å². The van der Waals surface area contributed by atoms with Crippen molar-refractivity contribution in [2.24, 2.45) is 0 Å². The Morgan fingerprint density at radius 3 is 2.81 bits per heavy atom. The minimum atomic E-state index is 0.686. The maximum atomic E-state index is 5.75. The van der Waals surface area contributed by atoms with Crippen molar-refractivity contribution in [2.45, 2.75) is 6.92 Å². The fraction of sp³-hybridized carbons (Fsp3) is 0.0833. The van der Waals surface area contributed by atoms with Gasteiger partial charge in [-0.25, -0.2) is 0 Å². The van der Waals surface area contributed by atoms with Gasteiger partial charge in [0.2, 0.25) is 0 Å². The Kier molecular flexibility index (Phi) is 3.10. The molecular weight excluding hydrogens is 268 g/mol. The molecule has 0 aliphatic rings. The second-order valence-corrected chi connectivity index (χ2v) is 4.29. The van der Waals surface area contributed by atoms with Crippen molar-refractivity contribution in [2.75, 3.05) is 5.73 Å². The van der Waals surface area contributed by atoms with E-state index in [0.29, 0.717) is 5.69 Å². The van der Waals surface area contributed by atoms with Gasteiger partial charge in [0.25, 0.3) is 0 Å². The molecule has 0 radical (unpaired) electrons. The van der Waals surface area contributed by atoms with Gasteiger partial charge in [-0.3, -0.25) is 4.98 Å². The van der Waals surface area contributed by atoms with Gasteiger partial charge in [-0.2, -0.15) is 0 Å². The zero-order valence-electron chi connectivity index (χ0n) is 8.77. The SMILES string of the molecule is Cc1ccc(N)cc1Oc1ccncc1Br. The van der Waals surface area contributed by atoms with Crippen LogP contribution in [0.3, 0.4) is 0 Å². The van der Waals surface area contributed by atoms with Crippen LogP contribution in [0.5, 0.6) is 11.5 Å². The van der Waals surface area contributed by atoms with Crippen LogP contribution in [-0.4, -0.2) is 4.98 Å². The third-order valence-corrected chi connectivity index (χ3v) is 2.76. The van der Waals surface area contributed by atoms with E-state index in [2.05, 4.69) is 20.9 Å². The van der Waals surface area contributed by atoms with Crippen molar-refractivity contribution in [1.82, 2.24) is 4.98 Å². The monoisotopic (exact) mass is 278 g/mol. The molecule has 2 N–H and O–H groups in total. The molecule has 0 saturated heterocycles. The smallest absolute Gasteiger partial charge is 0.144 e. The van der Waals surface area contributed by atoms with E-state index in [1.165, 1.54) is 0 Å². The first kappa shape index (κ1) is 11.0. The number of nitrogen functional groups attached to an aromatic ring is 1. The minimum Gasteiger partial charge on any atom is -0.456 e. The molecule has 82 valence electrons. The van der Waals surface area contributed by atoms with Crippen LogP contribution in [-0.2, 0) is 0 Å². The highest BCUT2D eigenvalue weighted by molar-refractivity contribution is 9.10. The van der Waals surface area contributed by atoms with Gasteiger partial charge in [-0.1, -0.05) is 6.07 Å². The maximum Gasteiger partial charge on any atom is 0.144 e. The summed E-state index contributed by atoms with van der Waals surface area (Å²) in [6.07, 6.45) is 3.37. The first-order valence-electron chi connectivity index (χ1n) is 4.80. The van der Waals surface area contributed by atoms with Gasteiger partial charge in [-0.15, -0.1) is 0 Å². The maximum absolute atomic E-state index is 5.75. The van der Waals surface area contributed by atoms with E-state index in [-0.39, 0.29) is 0 Å². The van der Waals surface area contributed by atoms with E-state index in [0.717, 1.165) is 21.5 Å². The molecule has 1 heterocycles. The van der Waals surface area contributed by atoms with Crippen LogP contribution < -0.4 is 10.5 Å². The Labute approximate surface area is 102 Å². The van der Waals surface area contributed by atoms with Crippen molar-refractivity contribution < 1.29 is 4.74 Å². The van der Waals surface area contributed by atoms with Gasteiger partial charge in [0.05, 0.1) is 4.47 Å². The number of hydrogen-bond acceptors (Lipinski definition) is 3. The van der Waals surface area contributed by atoms with Crippen LogP contribution in [0.25, 0.3) is 0 Å². The van der Waals surface area contributed by atoms with Crippen LogP contribution in [0.15, 0.2) is 41.1 Å². The number of anilines is 1. The summed E-state index contributed by atoms with van der Waals surface area (Å²) in [4.78, 5) is 3.97. The number of nitrogens with two attached hydrogens (primary N) is 1. The molecule has 0 spiro atoms. The van der Waals surface area contributed by atoms with Crippen LogP contribution in [0.4, 0.5) is 5.69 Å². The number of nitrogens with zero attached hydrogens (tertiary/aromatic N) is 1. The molecule has 0 bridgehead atoms. The molecule has 2 rings (SSSR count). The Hall–Kier alpha value is -1.55. The third kappa shape index (κ3) is 2.33. The molecule has 1 aromatic heterocycles. The molecule has 4 heteroatoms.